The molecule has 0 saturated carbocycles. The first-order chi connectivity index (χ1) is 24.0. The SMILES string of the molecule is CCCCCCCCc1cc(CCCCC)cc(C2=CC(CCCCC)=C(c3cc(CCCCC)cc(CCCCCCCC)c3)[N+]2=[N-])c1. The highest BCUT2D eigenvalue weighted by Crippen LogP contribution is 2.39. The fraction of sp³-hybridized carbons (Fsp3) is 0.660. The topological polar surface area (TPSA) is 25.3 Å². The van der Waals surface area contributed by atoms with E-state index in [-0.39, 0.29) is 0 Å². The average Bonchev–Trinajstić information content (AvgIpc) is 3.43. The van der Waals surface area contributed by atoms with Gasteiger partial charge in [-0.15, -0.1) is 0 Å². The molecule has 1 heterocycles. The van der Waals surface area contributed by atoms with Crippen LogP contribution in [0.5, 0.6) is 0 Å². The third-order valence-electron chi connectivity index (χ3n) is 10.6. The van der Waals surface area contributed by atoms with E-state index in [2.05, 4.69) is 77.1 Å². The van der Waals surface area contributed by atoms with Crippen LogP contribution >= 0.6 is 0 Å². The molecular weight excluding hydrogens is 593 g/mol. The first kappa shape index (κ1) is 40.9. The third kappa shape index (κ3) is 14.7. The molecule has 0 spiro atoms. The summed E-state index contributed by atoms with van der Waals surface area (Å²) in [6, 6.07) is 14.5. The molecule has 0 atom stereocenters. The first-order valence-electron chi connectivity index (χ1n) is 21.2. The molecule has 0 aliphatic carbocycles. The van der Waals surface area contributed by atoms with E-state index in [1.165, 1.54) is 167 Å². The van der Waals surface area contributed by atoms with Crippen LogP contribution < -0.4 is 0 Å². The Hall–Kier alpha value is -2.48. The lowest BCUT2D eigenvalue weighted by Crippen LogP contribution is -2.05. The zero-order valence-corrected chi connectivity index (χ0v) is 32.8. The quantitative estimate of drug-likeness (QED) is 0.0638. The number of allylic oxidation sites excluding steroid dienone is 2. The predicted molar refractivity (Wildman–Crippen MR) is 216 cm³/mol. The van der Waals surface area contributed by atoms with E-state index in [1.54, 1.807) is 4.70 Å². The second-order valence-electron chi connectivity index (χ2n) is 15.2. The minimum Gasteiger partial charge on any atom is -0.493 e. The van der Waals surface area contributed by atoms with Crippen molar-refractivity contribution < 1.29 is 4.70 Å². The van der Waals surface area contributed by atoms with Gasteiger partial charge in [-0.2, -0.15) is 0 Å². The van der Waals surface area contributed by atoms with Crippen molar-refractivity contribution in [2.75, 3.05) is 0 Å². The summed E-state index contributed by atoms with van der Waals surface area (Å²) in [7, 11) is 0. The standard InChI is InChI=1S/C47H74N2/c1-6-11-16-18-20-25-29-40-32-39(27-22-13-8-3)34-44(35-40)46-38-43(31-24-15-10-5)47(49(46)48)45-36-41(28-23-14-9-4)33-42(37-45)30-26-21-19-17-12-7-2/h32-38H,6-31H2,1-5H3. The summed E-state index contributed by atoms with van der Waals surface area (Å²) in [5.74, 6) is 0. The molecule has 2 aromatic rings. The van der Waals surface area contributed by atoms with Crippen LogP contribution in [-0.2, 0) is 25.7 Å². The molecular formula is C47H74N2. The van der Waals surface area contributed by atoms with Gasteiger partial charge in [0.2, 0.25) is 11.4 Å². The highest BCUT2D eigenvalue weighted by molar-refractivity contribution is 5.79. The van der Waals surface area contributed by atoms with Crippen molar-refractivity contribution in [1.29, 1.82) is 0 Å². The molecule has 1 aliphatic rings. The van der Waals surface area contributed by atoms with Crippen molar-refractivity contribution in [3.8, 4) is 0 Å². The lowest BCUT2D eigenvalue weighted by Gasteiger charge is -2.15. The van der Waals surface area contributed by atoms with Crippen LogP contribution in [0.3, 0.4) is 0 Å². The van der Waals surface area contributed by atoms with Crippen molar-refractivity contribution in [3.05, 3.63) is 87.0 Å². The fourth-order valence-electron chi connectivity index (χ4n) is 7.58. The minimum atomic E-state index is 0.969. The summed E-state index contributed by atoms with van der Waals surface area (Å²) in [5, 5.41) is 0. The number of nitrogens with zero attached hydrogens (tertiary/aromatic N) is 2. The minimum absolute atomic E-state index is 0.969. The molecule has 1 aliphatic heterocycles. The van der Waals surface area contributed by atoms with Gasteiger partial charge >= 0.3 is 0 Å². The van der Waals surface area contributed by atoms with Crippen molar-refractivity contribution in [3.63, 3.8) is 0 Å². The van der Waals surface area contributed by atoms with Crippen LogP contribution in [0, 0.1) is 0 Å². The maximum absolute atomic E-state index is 12.2. The molecule has 3 rings (SSSR count). The molecule has 0 N–H and O–H groups in total. The van der Waals surface area contributed by atoms with Gasteiger partial charge in [0.05, 0.1) is 0 Å². The molecule has 0 amide bonds. The smallest absolute Gasteiger partial charge is 0.210 e. The third-order valence-corrected chi connectivity index (χ3v) is 10.6. The number of unbranched alkanes of at least 4 members (excludes halogenated alkanes) is 16. The Morgan fingerprint density at radius 3 is 1.14 bits per heavy atom. The molecule has 0 bridgehead atoms. The average molecular weight is 667 g/mol. The van der Waals surface area contributed by atoms with Crippen LogP contribution in [-0.4, -0.2) is 4.70 Å². The zero-order valence-electron chi connectivity index (χ0n) is 32.8. The lowest BCUT2D eigenvalue weighted by atomic mass is 9.94. The maximum Gasteiger partial charge on any atom is 0.210 e. The van der Waals surface area contributed by atoms with Crippen LogP contribution in [0.4, 0.5) is 0 Å². The van der Waals surface area contributed by atoms with Crippen LogP contribution in [0.1, 0.15) is 209 Å². The van der Waals surface area contributed by atoms with Crippen molar-refractivity contribution in [1.82, 2.24) is 0 Å². The number of benzene rings is 2. The van der Waals surface area contributed by atoms with E-state index >= 15 is 0 Å². The first-order valence-corrected chi connectivity index (χ1v) is 21.2. The van der Waals surface area contributed by atoms with E-state index in [9.17, 15) is 5.53 Å². The van der Waals surface area contributed by atoms with E-state index in [0.717, 1.165) is 49.9 Å². The second-order valence-corrected chi connectivity index (χ2v) is 15.2. The Morgan fingerprint density at radius 2 is 0.714 bits per heavy atom. The van der Waals surface area contributed by atoms with Crippen molar-refractivity contribution in [2.24, 2.45) is 0 Å². The largest absolute Gasteiger partial charge is 0.493 e. The summed E-state index contributed by atoms with van der Waals surface area (Å²) in [6.07, 6.45) is 34.8. The molecule has 0 fully saturated rings. The molecule has 0 aromatic heterocycles. The van der Waals surface area contributed by atoms with E-state index in [4.69, 9.17) is 0 Å². The summed E-state index contributed by atoms with van der Waals surface area (Å²) in [4.78, 5) is 0. The Bertz CT molecular complexity index is 1300. The number of rotatable bonds is 28. The van der Waals surface area contributed by atoms with Gasteiger partial charge in [-0.3, -0.25) is 0 Å². The second kappa shape index (κ2) is 24.6. The number of hydrogen-bond donors (Lipinski definition) is 0. The van der Waals surface area contributed by atoms with Gasteiger partial charge in [-0.25, -0.2) is 4.70 Å². The Morgan fingerprint density at radius 1 is 0.388 bits per heavy atom. The van der Waals surface area contributed by atoms with Gasteiger partial charge in [0, 0.05) is 22.8 Å². The number of aryl methyl sites for hydroxylation is 4. The molecule has 0 radical (unpaired) electrons. The monoisotopic (exact) mass is 667 g/mol. The normalized spacial score (nSPS) is 13.2. The molecule has 0 unspecified atom stereocenters. The zero-order chi connectivity index (χ0) is 35.1. The Labute approximate surface area is 303 Å². The molecule has 49 heavy (non-hydrogen) atoms. The van der Waals surface area contributed by atoms with E-state index in [0.29, 0.717) is 0 Å². The highest BCUT2D eigenvalue weighted by atomic mass is 15.2. The van der Waals surface area contributed by atoms with Gasteiger partial charge in [-0.1, -0.05) is 149 Å². The summed E-state index contributed by atoms with van der Waals surface area (Å²) < 4.78 is 1.58. The van der Waals surface area contributed by atoms with E-state index in [1.807, 2.05) is 0 Å². The van der Waals surface area contributed by atoms with Gasteiger partial charge in [0.25, 0.3) is 0 Å². The number of hydrogen-bond acceptors (Lipinski definition) is 0. The maximum atomic E-state index is 12.2. The van der Waals surface area contributed by atoms with Crippen molar-refractivity contribution in [2.45, 2.75) is 202 Å². The van der Waals surface area contributed by atoms with Gasteiger partial charge in [0.1, 0.15) is 0 Å². The lowest BCUT2D eigenvalue weighted by molar-refractivity contribution is -0.344. The molecule has 2 heteroatoms. The summed E-state index contributed by atoms with van der Waals surface area (Å²) in [6.45, 7) is 11.5. The fourth-order valence-corrected chi connectivity index (χ4v) is 7.58. The van der Waals surface area contributed by atoms with Crippen molar-refractivity contribution >= 4 is 11.4 Å². The molecule has 0 saturated heterocycles. The highest BCUT2D eigenvalue weighted by Gasteiger charge is 2.29. The van der Waals surface area contributed by atoms with E-state index < -0.39 is 0 Å². The van der Waals surface area contributed by atoms with Crippen LogP contribution in [0.15, 0.2) is 48.0 Å². The Kier molecular flexibility index (Phi) is 20.6. The molecule has 2 nitrogen and oxygen atoms in total. The van der Waals surface area contributed by atoms with Gasteiger partial charge < -0.3 is 5.53 Å². The van der Waals surface area contributed by atoms with Gasteiger partial charge in [-0.05, 0) is 111 Å². The molecule has 2 aromatic carbocycles. The molecule has 272 valence electrons. The van der Waals surface area contributed by atoms with Crippen LogP contribution in [0.25, 0.3) is 16.9 Å². The van der Waals surface area contributed by atoms with Crippen LogP contribution in [0.2, 0.25) is 0 Å². The summed E-state index contributed by atoms with van der Waals surface area (Å²) >= 11 is 0. The Balaban J connectivity index is 1.94. The summed E-state index contributed by atoms with van der Waals surface area (Å²) in [5.41, 5.74) is 23.6. The van der Waals surface area contributed by atoms with Gasteiger partial charge in [0.15, 0.2) is 0 Å². The predicted octanol–water partition coefficient (Wildman–Crippen LogP) is 15.3.